The average molecular weight is 372 g/mol. The molecular weight excluding hydrogens is 359 g/mol. The first-order chi connectivity index (χ1) is 8.74. The third-order valence-electron chi connectivity index (χ3n) is 2.40. The summed E-state index contributed by atoms with van der Waals surface area (Å²) >= 11 is 3.92. The van der Waals surface area contributed by atoms with Crippen molar-refractivity contribution in [1.29, 1.82) is 0 Å². The van der Waals surface area contributed by atoms with Gasteiger partial charge in [-0.2, -0.15) is 0 Å². The van der Waals surface area contributed by atoms with E-state index in [2.05, 4.69) is 34.7 Å². The van der Waals surface area contributed by atoms with E-state index in [4.69, 9.17) is 9.47 Å². The molecule has 0 heterocycles. The lowest BCUT2D eigenvalue weighted by atomic mass is 10.3. The molecule has 0 aliphatic heterocycles. The fourth-order valence-electron chi connectivity index (χ4n) is 1.53. The molecule has 4 heteroatoms. The lowest BCUT2D eigenvalue weighted by Gasteiger charge is -2.11. The number of hydrogen-bond acceptors (Lipinski definition) is 3. The van der Waals surface area contributed by atoms with E-state index in [1.54, 1.807) is 26.0 Å². The molecule has 0 aromatic heterocycles. The van der Waals surface area contributed by atoms with Crippen LogP contribution in [0.1, 0.15) is 0 Å². The second-order valence-electron chi connectivity index (χ2n) is 3.56. The Kier molecular flexibility index (Phi) is 4.77. The quantitative estimate of drug-likeness (QED) is 0.739. The largest absolute Gasteiger partial charge is 0.495 e. The van der Waals surface area contributed by atoms with Crippen molar-refractivity contribution >= 4 is 34.4 Å². The second kappa shape index (κ2) is 6.33. The topological polar surface area (TPSA) is 18.5 Å². The first kappa shape index (κ1) is 13.5. The van der Waals surface area contributed by atoms with Gasteiger partial charge in [0, 0.05) is 9.79 Å². The van der Waals surface area contributed by atoms with Crippen molar-refractivity contribution in [2.75, 3.05) is 14.2 Å². The molecule has 2 rings (SSSR count). The van der Waals surface area contributed by atoms with E-state index in [-0.39, 0.29) is 0 Å². The summed E-state index contributed by atoms with van der Waals surface area (Å²) in [5.74, 6) is 1.68. The molecule has 0 spiro atoms. The maximum atomic E-state index is 5.36. The molecule has 0 N–H and O–H groups in total. The second-order valence-corrected chi connectivity index (χ2v) is 5.78. The minimum absolute atomic E-state index is 0.841. The van der Waals surface area contributed by atoms with Crippen molar-refractivity contribution in [3.05, 3.63) is 46.0 Å². The van der Waals surface area contributed by atoms with Gasteiger partial charge in [0.25, 0.3) is 0 Å². The molecule has 0 unspecified atom stereocenters. The molecule has 0 atom stereocenters. The summed E-state index contributed by atoms with van der Waals surface area (Å²) in [6.07, 6.45) is 0. The van der Waals surface area contributed by atoms with Crippen LogP contribution in [-0.4, -0.2) is 14.2 Å². The summed E-state index contributed by atoms with van der Waals surface area (Å²) in [5.41, 5.74) is 0. The van der Waals surface area contributed by atoms with E-state index < -0.39 is 0 Å². The van der Waals surface area contributed by atoms with Crippen LogP contribution in [-0.2, 0) is 0 Å². The van der Waals surface area contributed by atoms with Gasteiger partial charge in [0.2, 0.25) is 0 Å². The van der Waals surface area contributed by atoms with Gasteiger partial charge in [0.15, 0.2) is 0 Å². The summed E-state index contributed by atoms with van der Waals surface area (Å²) in [7, 11) is 3.35. The molecule has 2 aromatic rings. The van der Waals surface area contributed by atoms with Gasteiger partial charge in [-0.3, -0.25) is 0 Å². The number of ether oxygens (including phenoxy) is 2. The molecule has 2 aromatic carbocycles. The zero-order valence-corrected chi connectivity index (χ0v) is 13.1. The van der Waals surface area contributed by atoms with Crippen LogP contribution in [0.3, 0.4) is 0 Å². The summed E-state index contributed by atoms with van der Waals surface area (Å²) in [6, 6.07) is 14.3. The van der Waals surface area contributed by atoms with E-state index in [1.807, 2.05) is 30.3 Å². The monoisotopic (exact) mass is 372 g/mol. The molecule has 0 aliphatic carbocycles. The Labute approximate surface area is 125 Å². The van der Waals surface area contributed by atoms with Gasteiger partial charge in [-0.05, 0) is 46.9 Å². The van der Waals surface area contributed by atoms with E-state index in [1.165, 1.54) is 4.90 Å². The van der Waals surface area contributed by atoms with Gasteiger partial charge in [0.05, 0.1) is 17.8 Å². The number of rotatable bonds is 4. The van der Waals surface area contributed by atoms with Gasteiger partial charge in [-0.15, -0.1) is 0 Å². The van der Waals surface area contributed by atoms with Crippen LogP contribution in [0.5, 0.6) is 11.5 Å². The molecule has 18 heavy (non-hydrogen) atoms. The van der Waals surface area contributed by atoms with Gasteiger partial charge < -0.3 is 9.47 Å². The third-order valence-corrected chi connectivity index (χ3v) is 4.44. The Bertz CT molecular complexity index is 504. The maximum Gasteiger partial charge on any atom is 0.137 e. The van der Waals surface area contributed by atoms with Gasteiger partial charge in [0.1, 0.15) is 11.5 Å². The summed E-state index contributed by atoms with van der Waals surface area (Å²) in [5, 5.41) is 0. The predicted molar refractivity (Wildman–Crippen MR) is 82.8 cm³/mol. The highest BCUT2D eigenvalue weighted by atomic mass is 127. The minimum Gasteiger partial charge on any atom is -0.495 e. The smallest absolute Gasteiger partial charge is 0.137 e. The van der Waals surface area contributed by atoms with E-state index in [9.17, 15) is 0 Å². The molecule has 0 amide bonds. The lowest BCUT2D eigenvalue weighted by molar-refractivity contribution is 0.387. The lowest BCUT2D eigenvalue weighted by Crippen LogP contribution is -1.93. The van der Waals surface area contributed by atoms with Gasteiger partial charge in [-0.1, -0.05) is 30.0 Å². The fraction of sp³-hybridized carbons (Fsp3) is 0.143. The maximum absolute atomic E-state index is 5.36. The summed E-state index contributed by atoms with van der Waals surface area (Å²) < 4.78 is 11.7. The van der Waals surface area contributed by atoms with Crippen LogP contribution in [0.4, 0.5) is 0 Å². The number of hydrogen-bond donors (Lipinski definition) is 0. The van der Waals surface area contributed by atoms with Crippen LogP contribution in [0, 0.1) is 3.57 Å². The van der Waals surface area contributed by atoms with Crippen LogP contribution < -0.4 is 9.47 Å². The van der Waals surface area contributed by atoms with Crippen molar-refractivity contribution in [3.8, 4) is 11.5 Å². The first-order valence-electron chi connectivity index (χ1n) is 5.39. The molecule has 94 valence electrons. The van der Waals surface area contributed by atoms with Crippen molar-refractivity contribution < 1.29 is 9.47 Å². The molecular formula is C14H13IO2S. The predicted octanol–water partition coefficient (Wildman–Crippen LogP) is 4.46. The Morgan fingerprint density at radius 2 is 1.44 bits per heavy atom. The molecule has 0 saturated heterocycles. The fourth-order valence-corrected chi connectivity index (χ4v) is 3.18. The molecule has 0 bridgehead atoms. The average Bonchev–Trinajstić information content (AvgIpc) is 2.41. The third kappa shape index (κ3) is 3.11. The molecule has 2 nitrogen and oxygen atoms in total. The van der Waals surface area contributed by atoms with Crippen LogP contribution in [0.15, 0.2) is 52.3 Å². The first-order valence-corrected chi connectivity index (χ1v) is 7.28. The molecule has 0 fully saturated rings. The number of benzene rings is 2. The zero-order valence-electron chi connectivity index (χ0n) is 10.1. The Morgan fingerprint density at radius 1 is 0.889 bits per heavy atom. The van der Waals surface area contributed by atoms with Crippen molar-refractivity contribution in [1.82, 2.24) is 0 Å². The normalized spacial score (nSPS) is 10.2. The highest BCUT2D eigenvalue weighted by molar-refractivity contribution is 14.1. The van der Waals surface area contributed by atoms with Crippen molar-refractivity contribution in [3.63, 3.8) is 0 Å². The Balaban J connectivity index is 2.34. The molecule has 0 aliphatic rings. The SMILES string of the molecule is COc1cc(Sc2ccccc2)cc(OC)c1I. The molecule has 0 radical (unpaired) electrons. The van der Waals surface area contributed by atoms with Gasteiger partial charge in [-0.25, -0.2) is 0 Å². The van der Waals surface area contributed by atoms with Crippen LogP contribution >= 0.6 is 34.4 Å². The van der Waals surface area contributed by atoms with Crippen LogP contribution in [0.25, 0.3) is 0 Å². The van der Waals surface area contributed by atoms with Crippen molar-refractivity contribution in [2.45, 2.75) is 9.79 Å². The van der Waals surface area contributed by atoms with Crippen molar-refractivity contribution in [2.24, 2.45) is 0 Å². The van der Waals surface area contributed by atoms with E-state index in [0.29, 0.717) is 0 Å². The Morgan fingerprint density at radius 3 is 1.94 bits per heavy atom. The number of methoxy groups -OCH3 is 2. The van der Waals surface area contributed by atoms with E-state index >= 15 is 0 Å². The highest BCUT2D eigenvalue weighted by Crippen LogP contribution is 2.37. The Hall–Kier alpha value is -0.880. The zero-order chi connectivity index (χ0) is 13.0. The summed E-state index contributed by atoms with van der Waals surface area (Å²) in [4.78, 5) is 2.30. The summed E-state index contributed by atoms with van der Waals surface area (Å²) in [6.45, 7) is 0. The van der Waals surface area contributed by atoms with Gasteiger partial charge >= 0.3 is 0 Å². The number of halogens is 1. The molecule has 0 saturated carbocycles. The van der Waals surface area contributed by atoms with Crippen LogP contribution in [0.2, 0.25) is 0 Å². The van der Waals surface area contributed by atoms with E-state index in [0.717, 1.165) is 20.0 Å². The minimum atomic E-state index is 0.841. The standard InChI is InChI=1S/C14H13IO2S/c1-16-12-8-11(9-13(17-2)14(12)15)18-10-6-4-3-5-7-10/h3-9H,1-2H3. The highest BCUT2D eigenvalue weighted by Gasteiger charge is 2.10.